The number of rotatable bonds is 4. The van der Waals surface area contributed by atoms with Crippen LogP contribution in [0.25, 0.3) is 0 Å². The van der Waals surface area contributed by atoms with Crippen molar-refractivity contribution in [1.82, 2.24) is 5.32 Å². The molecule has 1 fully saturated rings. The van der Waals surface area contributed by atoms with Gasteiger partial charge in [0.15, 0.2) is 0 Å². The fourth-order valence-electron chi connectivity index (χ4n) is 2.75. The summed E-state index contributed by atoms with van der Waals surface area (Å²) in [4.78, 5) is 12.6. The zero-order valence-electron chi connectivity index (χ0n) is 13.2. The molecule has 0 spiro atoms. The van der Waals surface area contributed by atoms with Crippen molar-refractivity contribution < 1.29 is 9.53 Å². The highest BCUT2D eigenvalue weighted by molar-refractivity contribution is 5.87. The maximum absolute atomic E-state index is 12.6. The quantitative estimate of drug-likeness (QED) is 0.837. The Labute approximate surface area is 127 Å². The van der Waals surface area contributed by atoms with E-state index in [-0.39, 0.29) is 11.9 Å². The third-order valence-electron chi connectivity index (χ3n) is 4.53. The van der Waals surface area contributed by atoms with Crippen LogP contribution in [0.15, 0.2) is 24.3 Å². The first kappa shape index (κ1) is 15.8. The number of hydrogen-bond donors (Lipinski definition) is 2. The zero-order valence-corrected chi connectivity index (χ0v) is 13.2. The van der Waals surface area contributed by atoms with Crippen LogP contribution in [0.2, 0.25) is 0 Å². The second kappa shape index (κ2) is 6.48. The van der Waals surface area contributed by atoms with Gasteiger partial charge in [-0.3, -0.25) is 4.79 Å². The molecule has 116 valence electrons. The molecule has 1 unspecified atom stereocenters. The number of nitrogens with one attached hydrogen (secondary N) is 1. The van der Waals surface area contributed by atoms with Crippen LogP contribution >= 0.6 is 0 Å². The fourth-order valence-corrected chi connectivity index (χ4v) is 2.75. The summed E-state index contributed by atoms with van der Waals surface area (Å²) in [5.74, 6) is 0.566. The van der Waals surface area contributed by atoms with Gasteiger partial charge in [-0.25, -0.2) is 0 Å². The third-order valence-corrected chi connectivity index (χ3v) is 4.53. The molecular weight excluding hydrogens is 264 g/mol. The van der Waals surface area contributed by atoms with Gasteiger partial charge < -0.3 is 15.8 Å². The molecule has 0 aromatic heterocycles. The largest absolute Gasteiger partial charge is 0.399 e. The van der Waals surface area contributed by atoms with E-state index < -0.39 is 5.41 Å². The van der Waals surface area contributed by atoms with Gasteiger partial charge in [0.05, 0.1) is 5.41 Å². The van der Waals surface area contributed by atoms with Crippen LogP contribution in [0.4, 0.5) is 5.69 Å². The summed E-state index contributed by atoms with van der Waals surface area (Å²) in [6.07, 6.45) is 2.04. The summed E-state index contributed by atoms with van der Waals surface area (Å²) >= 11 is 0. The summed E-state index contributed by atoms with van der Waals surface area (Å²) in [6, 6.07) is 7.70. The number of ether oxygens (including phenoxy) is 1. The van der Waals surface area contributed by atoms with Crippen LogP contribution < -0.4 is 11.1 Å². The predicted octanol–water partition coefficient (Wildman–Crippen LogP) is 2.48. The summed E-state index contributed by atoms with van der Waals surface area (Å²) in [5, 5.41) is 3.18. The number of hydrogen-bond acceptors (Lipinski definition) is 3. The van der Waals surface area contributed by atoms with Crippen LogP contribution in [0.1, 0.15) is 39.2 Å². The number of anilines is 1. The minimum atomic E-state index is -0.562. The number of nitrogens with two attached hydrogens (primary N) is 1. The van der Waals surface area contributed by atoms with Crippen molar-refractivity contribution in [2.45, 2.75) is 45.1 Å². The van der Waals surface area contributed by atoms with Crippen molar-refractivity contribution in [2.75, 3.05) is 18.9 Å². The average Bonchev–Trinajstić information content (AvgIpc) is 2.48. The third kappa shape index (κ3) is 3.76. The fraction of sp³-hybridized carbons (Fsp3) is 0.588. The van der Waals surface area contributed by atoms with Gasteiger partial charge in [0, 0.05) is 24.9 Å². The van der Waals surface area contributed by atoms with E-state index in [2.05, 4.69) is 12.2 Å². The molecule has 0 radical (unpaired) electrons. The molecule has 0 saturated carbocycles. The second-order valence-corrected chi connectivity index (χ2v) is 6.46. The zero-order chi connectivity index (χ0) is 15.5. The Morgan fingerprint density at radius 2 is 1.86 bits per heavy atom. The Balaban J connectivity index is 2.02. The standard InChI is InChI=1S/C17H26N2O2/c1-12(13-8-10-21-11-9-13)19-16(20)17(2,3)14-4-6-15(18)7-5-14/h4-7,12-13H,8-11,18H2,1-3H3,(H,19,20). The van der Waals surface area contributed by atoms with Gasteiger partial charge in [-0.05, 0) is 57.2 Å². The Hall–Kier alpha value is -1.55. The van der Waals surface area contributed by atoms with Crippen LogP contribution in [-0.4, -0.2) is 25.2 Å². The van der Waals surface area contributed by atoms with E-state index in [4.69, 9.17) is 10.5 Å². The lowest BCUT2D eigenvalue weighted by atomic mass is 9.82. The Morgan fingerprint density at radius 1 is 1.29 bits per heavy atom. The van der Waals surface area contributed by atoms with Gasteiger partial charge in [-0.1, -0.05) is 12.1 Å². The van der Waals surface area contributed by atoms with Crippen molar-refractivity contribution in [3.63, 3.8) is 0 Å². The summed E-state index contributed by atoms with van der Waals surface area (Å²) in [5.41, 5.74) is 6.84. The van der Waals surface area contributed by atoms with Crippen molar-refractivity contribution in [1.29, 1.82) is 0 Å². The van der Waals surface area contributed by atoms with Crippen LogP contribution in [0.5, 0.6) is 0 Å². The number of nitrogen functional groups attached to an aromatic ring is 1. The molecule has 1 aromatic carbocycles. The minimum Gasteiger partial charge on any atom is -0.399 e. The number of carbonyl (C=O) groups excluding carboxylic acids is 1. The van der Waals surface area contributed by atoms with E-state index in [1.54, 1.807) is 0 Å². The molecule has 21 heavy (non-hydrogen) atoms. The van der Waals surface area contributed by atoms with Crippen LogP contribution in [0, 0.1) is 5.92 Å². The predicted molar refractivity (Wildman–Crippen MR) is 85.0 cm³/mol. The van der Waals surface area contributed by atoms with Gasteiger partial charge in [0.25, 0.3) is 0 Å². The smallest absolute Gasteiger partial charge is 0.230 e. The summed E-state index contributed by atoms with van der Waals surface area (Å²) in [7, 11) is 0. The molecule has 4 nitrogen and oxygen atoms in total. The Bertz CT molecular complexity index is 476. The Morgan fingerprint density at radius 3 is 2.43 bits per heavy atom. The minimum absolute atomic E-state index is 0.0614. The highest BCUT2D eigenvalue weighted by Gasteiger charge is 2.32. The molecule has 3 N–H and O–H groups in total. The maximum atomic E-state index is 12.6. The van der Waals surface area contributed by atoms with Crippen molar-refractivity contribution in [3.8, 4) is 0 Å². The number of carbonyl (C=O) groups is 1. The molecular formula is C17H26N2O2. The van der Waals surface area contributed by atoms with Crippen molar-refractivity contribution in [3.05, 3.63) is 29.8 Å². The molecule has 2 rings (SSSR count). The van der Waals surface area contributed by atoms with E-state index in [1.165, 1.54) is 0 Å². The Kier molecular flexibility index (Phi) is 4.88. The molecule has 1 saturated heterocycles. The lowest BCUT2D eigenvalue weighted by Crippen LogP contribution is -2.47. The summed E-state index contributed by atoms with van der Waals surface area (Å²) < 4.78 is 5.38. The van der Waals surface area contributed by atoms with Gasteiger partial charge in [-0.2, -0.15) is 0 Å². The molecule has 1 heterocycles. The molecule has 1 aliphatic heterocycles. The van der Waals surface area contributed by atoms with Crippen molar-refractivity contribution >= 4 is 11.6 Å². The molecule has 1 aliphatic rings. The van der Waals surface area contributed by atoms with E-state index in [9.17, 15) is 4.79 Å². The van der Waals surface area contributed by atoms with Crippen LogP contribution in [-0.2, 0) is 14.9 Å². The molecule has 1 aromatic rings. The highest BCUT2D eigenvalue weighted by atomic mass is 16.5. The first-order valence-electron chi connectivity index (χ1n) is 7.66. The monoisotopic (exact) mass is 290 g/mol. The van der Waals surface area contributed by atoms with Gasteiger partial charge >= 0.3 is 0 Å². The normalized spacial score (nSPS) is 18.2. The van der Waals surface area contributed by atoms with Crippen LogP contribution in [0.3, 0.4) is 0 Å². The van der Waals surface area contributed by atoms with E-state index in [0.29, 0.717) is 11.6 Å². The summed E-state index contributed by atoms with van der Waals surface area (Å²) in [6.45, 7) is 7.58. The SMILES string of the molecule is CC(NC(=O)C(C)(C)c1ccc(N)cc1)C1CCOCC1. The number of amides is 1. The van der Waals surface area contributed by atoms with Gasteiger partial charge in [0.2, 0.25) is 5.91 Å². The average molecular weight is 290 g/mol. The molecule has 0 aliphatic carbocycles. The van der Waals surface area contributed by atoms with Crippen molar-refractivity contribution in [2.24, 2.45) is 5.92 Å². The second-order valence-electron chi connectivity index (χ2n) is 6.46. The van der Waals surface area contributed by atoms with E-state index >= 15 is 0 Å². The van der Waals surface area contributed by atoms with Gasteiger partial charge in [-0.15, -0.1) is 0 Å². The number of benzene rings is 1. The lowest BCUT2D eigenvalue weighted by molar-refractivity contribution is -0.126. The van der Waals surface area contributed by atoms with E-state index in [1.807, 2.05) is 38.1 Å². The molecule has 1 amide bonds. The molecule has 0 bridgehead atoms. The first-order chi connectivity index (χ1) is 9.91. The topological polar surface area (TPSA) is 64.4 Å². The highest BCUT2D eigenvalue weighted by Crippen LogP contribution is 2.26. The maximum Gasteiger partial charge on any atom is 0.230 e. The molecule has 4 heteroatoms. The van der Waals surface area contributed by atoms with Gasteiger partial charge in [0.1, 0.15) is 0 Å². The van der Waals surface area contributed by atoms with E-state index in [0.717, 1.165) is 31.6 Å². The lowest BCUT2D eigenvalue weighted by Gasteiger charge is -2.32. The molecule has 1 atom stereocenters. The first-order valence-corrected chi connectivity index (χ1v) is 7.66.